The zero-order valence-electron chi connectivity index (χ0n) is 11.0. The fourth-order valence-corrected chi connectivity index (χ4v) is 2.79. The molecule has 1 aromatic heterocycles. The predicted molar refractivity (Wildman–Crippen MR) is 79.5 cm³/mol. The molecule has 96 valence electrons. The van der Waals surface area contributed by atoms with Gasteiger partial charge in [0.25, 0.3) is 0 Å². The molecule has 4 heteroatoms. The van der Waals surface area contributed by atoms with Gasteiger partial charge in [0.15, 0.2) is 0 Å². The van der Waals surface area contributed by atoms with Crippen molar-refractivity contribution in [2.45, 2.75) is 26.7 Å². The van der Waals surface area contributed by atoms with Crippen LogP contribution in [0.2, 0.25) is 0 Å². The van der Waals surface area contributed by atoms with Gasteiger partial charge in [-0.2, -0.15) is 5.10 Å². The number of hydrogen-bond donors (Lipinski definition) is 1. The van der Waals surface area contributed by atoms with Crippen LogP contribution in [0.15, 0.2) is 22.7 Å². The molecule has 0 saturated heterocycles. The molecule has 0 spiro atoms. The van der Waals surface area contributed by atoms with Crippen LogP contribution in [-0.4, -0.2) is 9.78 Å². The first-order chi connectivity index (χ1) is 8.52. The van der Waals surface area contributed by atoms with E-state index in [0.717, 1.165) is 40.0 Å². The first-order valence-electron chi connectivity index (χ1n) is 6.11. The molecule has 2 N–H and O–H groups in total. The van der Waals surface area contributed by atoms with E-state index in [1.54, 1.807) is 4.68 Å². The maximum absolute atomic E-state index is 6.09. The van der Waals surface area contributed by atoms with E-state index < -0.39 is 0 Å². The first-order valence-corrected chi connectivity index (χ1v) is 6.91. The average molecular weight is 308 g/mol. The van der Waals surface area contributed by atoms with E-state index >= 15 is 0 Å². The van der Waals surface area contributed by atoms with Gasteiger partial charge in [0.05, 0.1) is 5.69 Å². The quantitative estimate of drug-likeness (QED) is 0.939. The Morgan fingerprint density at radius 3 is 2.67 bits per heavy atom. The Bertz CT molecular complexity index is 552. The summed E-state index contributed by atoms with van der Waals surface area (Å²) < 4.78 is 2.83. The van der Waals surface area contributed by atoms with Crippen LogP contribution in [0.5, 0.6) is 0 Å². The smallest absolute Gasteiger partial charge is 0.125 e. The predicted octanol–water partition coefficient (Wildman–Crippen LogP) is 3.69. The molecule has 2 aromatic rings. The molecule has 3 nitrogen and oxygen atoms in total. The van der Waals surface area contributed by atoms with Gasteiger partial charge >= 0.3 is 0 Å². The van der Waals surface area contributed by atoms with Crippen molar-refractivity contribution in [3.8, 4) is 11.3 Å². The lowest BCUT2D eigenvalue weighted by molar-refractivity contribution is 0.781. The van der Waals surface area contributed by atoms with Crippen LogP contribution in [0.4, 0.5) is 5.82 Å². The number of aromatic nitrogens is 2. The minimum atomic E-state index is 0.768. The number of nitrogens with zero attached hydrogens (tertiary/aromatic N) is 2. The molecule has 0 radical (unpaired) electrons. The molecule has 18 heavy (non-hydrogen) atoms. The molecular formula is C14H18BrN3. The maximum Gasteiger partial charge on any atom is 0.125 e. The molecule has 1 aromatic carbocycles. The van der Waals surface area contributed by atoms with Crippen LogP contribution < -0.4 is 5.73 Å². The summed E-state index contributed by atoms with van der Waals surface area (Å²) >= 11 is 3.53. The average Bonchev–Trinajstić information content (AvgIpc) is 2.56. The Hall–Kier alpha value is -1.29. The van der Waals surface area contributed by atoms with Crippen molar-refractivity contribution in [2.24, 2.45) is 7.05 Å². The monoisotopic (exact) mass is 307 g/mol. The second-order valence-corrected chi connectivity index (χ2v) is 5.52. The van der Waals surface area contributed by atoms with E-state index in [2.05, 4.69) is 53.1 Å². The zero-order chi connectivity index (χ0) is 13.3. The highest BCUT2D eigenvalue weighted by Crippen LogP contribution is 2.30. The van der Waals surface area contributed by atoms with E-state index in [-0.39, 0.29) is 0 Å². The summed E-state index contributed by atoms with van der Waals surface area (Å²) in [5.74, 6) is 0.768. The molecule has 0 aliphatic heterocycles. The topological polar surface area (TPSA) is 43.8 Å². The summed E-state index contributed by atoms with van der Waals surface area (Å²) in [7, 11) is 1.89. The van der Waals surface area contributed by atoms with Crippen LogP contribution in [0.3, 0.4) is 0 Å². The molecule has 1 heterocycles. The van der Waals surface area contributed by atoms with E-state index in [1.807, 2.05) is 7.05 Å². The van der Waals surface area contributed by atoms with E-state index in [9.17, 15) is 0 Å². The summed E-state index contributed by atoms with van der Waals surface area (Å²) in [5, 5.41) is 4.55. The SMILES string of the molecule is CCCc1c(-c2cc(C)cc(Br)c2)nn(C)c1N. The third-order valence-electron chi connectivity index (χ3n) is 3.01. The standard InChI is InChI=1S/C14H18BrN3/c1-4-5-12-13(17-18(3)14(12)16)10-6-9(2)7-11(15)8-10/h6-8H,4-5,16H2,1-3H3. The second-order valence-electron chi connectivity index (χ2n) is 4.60. The minimum absolute atomic E-state index is 0.768. The maximum atomic E-state index is 6.09. The van der Waals surface area contributed by atoms with E-state index in [0.29, 0.717) is 0 Å². The van der Waals surface area contributed by atoms with Crippen LogP contribution in [0, 0.1) is 6.92 Å². The van der Waals surface area contributed by atoms with Crippen molar-refractivity contribution in [1.29, 1.82) is 0 Å². The van der Waals surface area contributed by atoms with Gasteiger partial charge in [-0.05, 0) is 37.1 Å². The van der Waals surface area contributed by atoms with Gasteiger partial charge in [-0.1, -0.05) is 29.3 Å². The lowest BCUT2D eigenvalue weighted by atomic mass is 10.0. The van der Waals surface area contributed by atoms with Crippen LogP contribution >= 0.6 is 15.9 Å². The van der Waals surface area contributed by atoms with Crippen molar-refractivity contribution in [2.75, 3.05) is 5.73 Å². The number of halogens is 1. The molecule has 0 unspecified atom stereocenters. The number of aryl methyl sites for hydroxylation is 2. The Labute approximate surface area is 116 Å². The lowest BCUT2D eigenvalue weighted by Crippen LogP contribution is -1.99. The Kier molecular flexibility index (Phi) is 3.76. The third kappa shape index (κ3) is 2.43. The number of benzene rings is 1. The normalized spacial score (nSPS) is 10.9. The number of hydrogen-bond acceptors (Lipinski definition) is 2. The summed E-state index contributed by atoms with van der Waals surface area (Å²) in [4.78, 5) is 0. The zero-order valence-corrected chi connectivity index (χ0v) is 12.6. The number of rotatable bonds is 3. The fraction of sp³-hybridized carbons (Fsp3) is 0.357. The van der Waals surface area contributed by atoms with E-state index in [1.165, 1.54) is 5.56 Å². The van der Waals surface area contributed by atoms with Crippen molar-refractivity contribution < 1.29 is 0 Å². The van der Waals surface area contributed by atoms with Crippen molar-refractivity contribution >= 4 is 21.7 Å². The van der Waals surface area contributed by atoms with Crippen molar-refractivity contribution in [3.05, 3.63) is 33.8 Å². The molecule has 0 atom stereocenters. The third-order valence-corrected chi connectivity index (χ3v) is 3.47. The largest absolute Gasteiger partial charge is 0.384 e. The van der Waals surface area contributed by atoms with Crippen molar-refractivity contribution in [1.82, 2.24) is 9.78 Å². The lowest BCUT2D eigenvalue weighted by Gasteiger charge is -2.04. The number of nitrogen functional groups attached to an aromatic ring is 1. The number of nitrogens with two attached hydrogens (primary N) is 1. The van der Waals surface area contributed by atoms with E-state index in [4.69, 9.17) is 5.73 Å². The van der Waals surface area contributed by atoms with Crippen LogP contribution in [0.1, 0.15) is 24.5 Å². The molecule has 0 saturated carbocycles. The molecule has 0 amide bonds. The van der Waals surface area contributed by atoms with Gasteiger partial charge in [0.1, 0.15) is 5.82 Å². The Balaban J connectivity index is 2.59. The van der Waals surface area contributed by atoms with Gasteiger partial charge < -0.3 is 5.73 Å². The minimum Gasteiger partial charge on any atom is -0.384 e. The second kappa shape index (κ2) is 5.14. The Morgan fingerprint density at radius 1 is 1.33 bits per heavy atom. The summed E-state index contributed by atoms with van der Waals surface area (Å²) in [6.07, 6.45) is 2.02. The van der Waals surface area contributed by atoms with Crippen LogP contribution in [-0.2, 0) is 13.5 Å². The van der Waals surface area contributed by atoms with Gasteiger partial charge in [0.2, 0.25) is 0 Å². The van der Waals surface area contributed by atoms with Gasteiger partial charge in [-0.3, -0.25) is 4.68 Å². The molecule has 2 rings (SSSR count). The summed E-state index contributed by atoms with van der Waals surface area (Å²) in [6, 6.07) is 6.33. The molecule has 0 aliphatic carbocycles. The molecular weight excluding hydrogens is 290 g/mol. The molecule has 0 fully saturated rings. The Morgan fingerprint density at radius 2 is 2.06 bits per heavy atom. The highest BCUT2D eigenvalue weighted by atomic mass is 79.9. The van der Waals surface area contributed by atoms with Gasteiger partial charge in [-0.15, -0.1) is 0 Å². The van der Waals surface area contributed by atoms with Gasteiger partial charge in [0, 0.05) is 22.6 Å². The highest BCUT2D eigenvalue weighted by Gasteiger charge is 2.15. The molecule has 0 bridgehead atoms. The first kappa shape index (κ1) is 13.1. The summed E-state index contributed by atoms with van der Waals surface area (Å²) in [6.45, 7) is 4.24. The van der Waals surface area contributed by atoms with Crippen LogP contribution in [0.25, 0.3) is 11.3 Å². The molecule has 0 aliphatic rings. The van der Waals surface area contributed by atoms with Crippen molar-refractivity contribution in [3.63, 3.8) is 0 Å². The van der Waals surface area contributed by atoms with Gasteiger partial charge in [-0.25, -0.2) is 0 Å². The number of anilines is 1. The highest BCUT2D eigenvalue weighted by molar-refractivity contribution is 9.10. The summed E-state index contributed by atoms with van der Waals surface area (Å²) in [5.41, 5.74) is 10.6. The fourth-order valence-electron chi connectivity index (χ4n) is 2.18.